The quantitative estimate of drug-likeness (QED) is 0.845. The fourth-order valence-corrected chi connectivity index (χ4v) is 2.58. The average molecular weight is 262 g/mol. The van der Waals surface area contributed by atoms with Crippen molar-refractivity contribution in [2.45, 2.75) is 30.5 Å². The van der Waals surface area contributed by atoms with Crippen molar-refractivity contribution in [2.75, 3.05) is 0 Å². The van der Waals surface area contributed by atoms with Crippen LogP contribution in [0, 0.1) is 0 Å². The Morgan fingerprint density at radius 1 is 1.62 bits per heavy atom. The van der Waals surface area contributed by atoms with E-state index >= 15 is 0 Å². The topological polar surface area (TPSA) is 89.3 Å². The molecule has 0 aliphatic heterocycles. The third-order valence-electron chi connectivity index (χ3n) is 2.11. The van der Waals surface area contributed by atoms with E-state index in [9.17, 15) is 13.2 Å². The average Bonchev–Trinajstić information content (AvgIpc) is 2.65. The van der Waals surface area contributed by atoms with Crippen LogP contribution in [0.2, 0.25) is 0 Å². The molecular formula is C9H14N2O3S2. The van der Waals surface area contributed by atoms with E-state index in [2.05, 4.69) is 5.32 Å². The lowest BCUT2D eigenvalue weighted by atomic mass is 10.2. The number of rotatable bonds is 4. The standard InChI is InChI=1S/C9H14N2O3S2/c1-3-6(2)11-9(12)7-4-8(15-5-7)16(10,13)14/h4-6H,3H2,1-2H3,(H,11,12)(H2,10,13,14). The highest BCUT2D eigenvalue weighted by molar-refractivity contribution is 7.91. The Kier molecular flexibility index (Phi) is 4.06. The Balaban J connectivity index is 2.83. The summed E-state index contributed by atoms with van der Waals surface area (Å²) in [4.78, 5) is 11.6. The molecule has 1 amide bonds. The van der Waals surface area contributed by atoms with E-state index in [0.29, 0.717) is 5.56 Å². The van der Waals surface area contributed by atoms with Crippen molar-refractivity contribution in [3.63, 3.8) is 0 Å². The zero-order chi connectivity index (χ0) is 12.3. The van der Waals surface area contributed by atoms with Crippen molar-refractivity contribution in [2.24, 2.45) is 5.14 Å². The van der Waals surface area contributed by atoms with Crippen molar-refractivity contribution in [1.82, 2.24) is 5.32 Å². The number of nitrogens with one attached hydrogen (secondary N) is 1. The minimum absolute atomic E-state index is 0.00167. The van der Waals surface area contributed by atoms with Gasteiger partial charge in [-0.1, -0.05) is 6.92 Å². The summed E-state index contributed by atoms with van der Waals surface area (Å²) in [6, 6.07) is 1.35. The van der Waals surface area contributed by atoms with Crippen LogP contribution in [0.1, 0.15) is 30.6 Å². The summed E-state index contributed by atoms with van der Waals surface area (Å²) in [5, 5.41) is 9.17. The minimum atomic E-state index is -3.71. The first kappa shape index (κ1) is 13.1. The first-order chi connectivity index (χ1) is 7.34. The molecule has 7 heteroatoms. The van der Waals surface area contributed by atoms with Crippen LogP contribution < -0.4 is 10.5 Å². The molecule has 1 heterocycles. The summed E-state index contributed by atoms with van der Waals surface area (Å²) in [5.74, 6) is -0.277. The van der Waals surface area contributed by atoms with Gasteiger partial charge in [-0.05, 0) is 19.4 Å². The maximum absolute atomic E-state index is 11.6. The molecule has 0 fully saturated rings. The predicted octanol–water partition coefficient (Wildman–Crippen LogP) is 0.924. The lowest BCUT2D eigenvalue weighted by molar-refractivity contribution is 0.0939. The lowest BCUT2D eigenvalue weighted by Gasteiger charge is -2.09. The fraction of sp³-hybridized carbons (Fsp3) is 0.444. The molecule has 1 aromatic rings. The molecule has 0 aromatic carbocycles. The molecule has 0 spiro atoms. The number of thiophene rings is 1. The second-order valence-corrected chi connectivity index (χ2v) is 6.18. The third kappa shape index (κ3) is 3.29. The second-order valence-electron chi connectivity index (χ2n) is 3.48. The van der Waals surface area contributed by atoms with E-state index < -0.39 is 10.0 Å². The van der Waals surface area contributed by atoms with Gasteiger partial charge in [0.15, 0.2) is 0 Å². The van der Waals surface area contributed by atoms with Crippen LogP contribution in [-0.2, 0) is 10.0 Å². The maximum Gasteiger partial charge on any atom is 0.252 e. The van der Waals surface area contributed by atoms with E-state index in [1.807, 2.05) is 13.8 Å². The normalized spacial score (nSPS) is 13.4. The van der Waals surface area contributed by atoms with Crippen LogP contribution in [0.3, 0.4) is 0 Å². The van der Waals surface area contributed by atoms with Gasteiger partial charge in [0, 0.05) is 11.4 Å². The molecule has 0 saturated carbocycles. The molecular weight excluding hydrogens is 248 g/mol. The Morgan fingerprint density at radius 3 is 2.69 bits per heavy atom. The van der Waals surface area contributed by atoms with Gasteiger partial charge in [0.25, 0.3) is 5.91 Å². The summed E-state index contributed by atoms with van der Waals surface area (Å²) < 4.78 is 22.0. The molecule has 16 heavy (non-hydrogen) atoms. The Morgan fingerprint density at radius 2 is 2.25 bits per heavy atom. The van der Waals surface area contributed by atoms with Crippen molar-refractivity contribution in [3.8, 4) is 0 Å². The van der Waals surface area contributed by atoms with Gasteiger partial charge < -0.3 is 5.32 Å². The molecule has 90 valence electrons. The minimum Gasteiger partial charge on any atom is -0.350 e. The number of sulfonamides is 1. The Hall–Kier alpha value is -0.920. The molecule has 1 aromatic heterocycles. The molecule has 5 nitrogen and oxygen atoms in total. The van der Waals surface area contributed by atoms with Crippen molar-refractivity contribution in [1.29, 1.82) is 0 Å². The molecule has 0 saturated heterocycles. The number of hydrogen-bond acceptors (Lipinski definition) is 4. The highest BCUT2D eigenvalue weighted by atomic mass is 32.2. The van der Waals surface area contributed by atoms with Gasteiger partial charge >= 0.3 is 0 Å². The van der Waals surface area contributed by atoms with Gasteiger partial charge in [-0.2, -0.15) is 0 Å². The van der Waals surface area contributed by atoms with Gasteiger partial charge in [0.05, 0.1) is 5.56 Å². The molecule has 0 aliphatic carbocycles. The van der Waals surface area contributed by atoms with Crippen LogP contribution >= 0.6 is 11.3 Å². The van der Waals surface area contributed by atoms with Gasteiger partial charge in [0.1, 0.15) is 4.21 Å². The summed E-state index contributed by atoms with van der Waals surface area (Å²) in [5.41, 5.74) is 0.328. The van der Waals surface area contributed by atoms with Crippen LogP contribution in [0.25, 0.3) is 0 Å². The van der Waals surface area contributed by atoms with Gasteiger partial charge in [0.2, 0.25) is 10.0 Å². The molecule has 0 aliphatic rings. The fourth-order valence-electron chi connectivity index (χ4n) is 0.994. The second kappa shape index (κ2) is 4.94. The van der Waals surface area contributed by atoms with E-state index in [1.165, 1.54) is 11.4 Å². The number of hydrogen-bond donors (Lipinski definition) is 2. The van der Waals surface area contributed by atoms with Crippen molar-refractivity contribution >= 4 is 27.3 Å². The third-order valence-corrected chi connectivity index (χ3v) is 4.49. The van der Waals surface area contributed by atoms with Crippen molar-refractivity contribution in [3.05, 3.63) is 17.0 Å². The SMILES string of the molecule is CCC(C)NC(=O)c1csc(S(N)(=O)=O)c1. The monoisotopic (exact) mass is 262 g/mol. The van der Waals surface area contributed by atoms with Crippen molar-refractivity contribution < 1.29 is 13.2 Å². The number of amides is 1. The van der Waals surface area contributed by atoms with Crippen LogP contribution in [0.15, 0.2) is 15.7 Å². The van der Waals surface area contributed by atoms with Crippen LogP contribution in [0.5, 0.6) is 0 Å². The zero-order valence-corrected chi connectivity index (χ0v) is 10.7. The number of nitrogens with two attached hydrogens (primary N) is 1. The van der Waals surface area contributed by atoms with Gasteiger partial charge in [-0.25, -0.2) is 13.6 Å². The predicted molar refractivity (Wildman–Crippen MR) is 62.9 cm³/mol. The first-order valence-electron chi connectivity index (χ1n) is 4.76. The summed E-state index contributed by atoms with van der Waals surface area (Å²) in [6.45, 7) is 3.83. The lowest BCUT2D eigenvalue weighted by Crippen LogP contribution is -2.31. The molecule has 3 N–H and O–H groups in total. The summed E-state index contributed by atoms with van der Waals surface area (Å²) in [6.07, 6.45) is 0.817. The van der Waals surface area contributed by atoms with E-state index in [4.69, 9.17) is 5.14 Å². The largest absolute Gasteiger partial charge is 0.350 e. The maximum atomic E-state index is 11.6. The van der Waals surface area contributed by atoms with Crippen LogP contribution in [0.4, 0.5) is 0 Å². The molecule has 0 radical (unpaired) electrons. The molecule has 1 atom stereocenters. The smallest absolute Gasteiger partial charge is 0.252 e. The zero-order valence-electron chi connectivity index (χ0n) is 9.06. The first-order valence-corrected chi connectivity index (χ1v) is 7.19. The summed E-state index contributed by atoms with van der Waals surface area (Å²) >= 11 is 0.946. The number of primary sulfonamides is 1. The highest BCUT2D eigenvalue weighted by Gasteiger charge is 2.15. The van der Waals surface area contributed by atoms with E-state index in [-0.39, 0.29) is 16.2 Å². The van der Waals surface area contributed by atoms with E-state index in [1.54, 1.807) is 0 Å². The van der Waals surface area contributed by atoms with Gasteiger partial charge in [-0.15, -0.1) is 11.3 Å². The molecule has 0 bridgehead atoms. The van der Waals surface area contributed by atoms with E-state index in [0.717, 1.165) is 17.8 Å². The van der Waals surface area contributed by atoms with Crippen LogP contribution in [-0.4, -0.2) is 20.4 Å². The number of carbonyl (C=O) groups is 1. The summed E-state index contributed by atoms with van der Waals surface area (Å²) in [7, 11) is -3.71. The molecule has 1 rings (SSSR count). The number of carbonyl (C=O) groups excluding carboxylic acids is 1. The Bertz CT molecular complexity index is 479. The van der Waals surface area contributed by atoms with Gasteiger partial charge in [-0.3, -0.25) is 4.79 Å². The molecule has 1 unspecified atom stereocenters. The Labute approximate surface area is 98.7 Å². The highest BCUT2D eigenvalue weighted by Crippen LogP contribution is 2.18.